The van der Waals surface area contributed by atoms with Crippen molar-refractivity contribution in [2.24, 2.45) is 11.3 Å². The van der Waals surface area contributed by atoms with E-state index in [-0.39, 0.29) is 10.3 Å². The Morgan fingerprint density at radius 2 is 1.50 bits per heavy atom. The minimum absolute atomic E-state index is 0.0531. The molecule has 3 nitrogen and oxygen atoms in total. The predicted molar refractivity (Wildman–Crippen MR) is 73.3 cm³/mol. The van der Waals surface area contributed by atoms with Crippen molar-refractivity contribution >= 4 is 10.1 Å². The van der Waals surface area contributed by atoms with Crippen molar-refractivity contribution in [3.63, 3.8) is 0 Å². The monoisotopic (exact) mass is 270 g/mol. The molecule has 18 heavy (non-hydrogen) atoms. The molecular formula is C14H22O3S. The van der Waals surface area contributed by atoms with E-state index in [1.54, 1.807) is 12.1 Å². The molecule has 1 aromatic carbocycles. The van der Waals surface area contributed by atoms with E-state index in [9.17, 15) is 8.42 Å². The summed E-state index contributed by atoms with van der Waals surface area (Å²) in [6.07, 6.45) is 0. The first kappa shape index (κ1) is 15.2. The molecule has 0 spiro atoms. The summed E-state index contributed by atoms with van der Waals surface area (Å²) in [5, 5.41) is 0. The second kappa shape index (κ2) is 5.02. The summed E-state index contributed by atoms with van der Waals surface area (Å²) < 4.78 is 31.0. The van der Waals surface area contributed by atoms with E-state index in [2.05, 4.69) is 34.6 Å². The van der Waals surface area contributed by atoms with Gasteiger partial charge >= 0.3 is 0 Å². The molecule has 1 unspecified atom stereocenters. The Morgan fingerprint density at radius 1 is 1.06 bits per heavy atom. The van der Waals surface area contributed by atoms with Gasteiger partial charge in [-0.05, 0) is 34.9 Å². The van der Waals surface area contributed by atoms with Gasteiger partial charge in [0.1, 0.15) is 0 Å². The Labute approximate surface area is 110 Å². The van der Waals surface area contributed by atoms with Crippen LogP contribution in [0.15, 0.2) is 29.2 Å². The maximum atomic E-state index is 11.0. The molecule has 0 radical (unpaired) electrons. The van der Waals surface area contributed by atoms with Gasteiger partial charge in [0, 0.05) is 0 Å². The van der Waals surface area contributed by atoms with E-state index >= 15 is 0 Å². The van der Waals surface area contributed by atoms with Gasteiger partial charge in [0.15, 0.2) is 0 Å². The fourth-order valence-corrected chi connectivity index (χ4v) is 3.21. The van der Waals surface area contributed by atoms with Gasteiger partial charge in [-0.1, -0.05) is 46.8 Å². The molecule has 0 saturated heterocycles. The molecule has 1 N–H and O–H groups in total. The average molecular weight is 270 g/mol. The highest BCUT2D eigenvalue weighted by atomic mass is 32.2. The van der Waals surface area contributed by atoms with Gasteiger partial charge in [0.2, 0.25) is 0 Å². The van der Waals surface area contributed by atoms with Crippen molar-refractivity contribution in [3.05, 3.63) is 29.8 Å². The molecule has 1 aromatic rings. The molecule has 0 aliphatic heterocycles. The van der Waals surface area contributed by atoms with Crippen LogP contribution in [-0.4, -0.2) is 13.0 Å². The molecular weight excluding hydrogens is 248 g/mol. The molecule has 0 heterocycles. The number of hydrogen-bond acceptors (Lipinski definition) is 2. The molecule has 0 aliphatic rings. The zero-order chi connectivity index (χ0) is 14.1. The minimum Gasteiger partial charge on any atom is -0.282 e. The van der Waals surface area contributed by atoms with Crippen molar-refractivity contribution in [1.29, 1.82) is 0 Å². The molecule has 0 amide bonds. The molecule has 0 fully saturated rings. The topological polar surface area (TPSA) is 54.4 Å². The highest BCUT2D eigenvalue weighted by molar-refractivity contribution is 7.85. The summed E-state index contributed by atoms with van der Waals surface area (Å²) in [6, 6.07) is 6.51. The summed E-state index contributed by atoms with van der Waals surface area (Å²) in [6.45, 7) is 10.8. The number of hydrogen-bond donors (Lipinski definition) is 1. The number of rotatable bonds is 3. The van der Waals surface area contributed by atoms with Crippen LogP contribution in [0.4, 0.5) is 0 Å². The van der Waals surface area contributed by atoms with Gasteiger partial charge in [-0.25, -0.2) is 0 Å². The van der Waals surface area contributed by atoms with E-state index < -0.39 is 10.1 Å². The first-order chi connectivity index (χ1) is 8.03. The Bertz CT molecular complexity index is 493. The quantitative estimate of drug-likeness (QED) is 0.852. The first-order valence-corrected chi connectivity index (χ1v) is 7.55. The molecule has 0 saturated carbocycles. The van der Waals surface area contributed by atoms with E-state index in [0.29, 0.717) is 11.8 Å². The lowest BCUT2D eigenvalue weighted by Crippen LogP contribution is -2.23. The van der Waals surface area contributed by atoms with Crippen LogP contribution in [0.25, 0.3) is 0 Å². The van der Waals surface area contributed by atoms with Crippen LogP contribution < -0.4 is 0 Å². The van der Waals surface area contributed by atoms with Gasteiger partial charge in [-0.2, -0.15) is 8.42 Å². The summed E-state index contributed by atoms with van der Waals surface area (Å²) in [7, 11) is -4.10. The Kier molecular flexibility index (Phi) is 4.23. The van der Waals surface area contributed by atoms with E-state index in [4.69, 9.17) is 4.55 Å². The van der Waals surface area contributed by atoms with Crippen LogP contribution in [-0.2, 0) is 10.1 Å². The van der Waals surface area contributed by atoms with E-state index in [1.807, 2.05) is 0 Å². The van der Waals surface area contributed by atoms with Gasteiger partial charge in [0.05, 0.1) is 4.90 Å². The fraction of sp³-hybridized carbons (Fsp3) is 0.571. The summed E-state index contributed by atoms with van der Waals surface area (Å²) >= 11 is 0. The van der Waals surface area contributed by atoms with Gasteiger partial charge in [0.25, 0.3) is 10.1 Å². The molecule has 1 atom stereocenters. The molecule has 0 aliphatic carbocycles. The van der Waals surface area contributed by atoms with Gasteiger partial charge in [-0.15, -0.1) is 0 Å². The maximum absolute atomic E-state index is 11.0. The summed E-state index contributed by atoms with van der Waals surface area (Å²) in [5.41, 5.74) is 1.21. The Morgan fingerprint density at radius 3 is 1.78 bits per heavy atom. The second-order valence-electron chi connectivity index (χ2n) is 6.13. The van der Waals surface area contributed by atoms with Crippen molar-refractivity contribution in [2.75, 3.05) is 0 Å². The lowest BCUT2D eigenvalue weighted by atomic mass is 9.71. The third-order valence-electron chi connectivity index (χ3n) is 3.14. The van der Waals surface area contributed by atoms with Crippen molar-refractivity contribution in [2.45, 2.75) is 45.4 Å². The van der Waals surface area contributed by atoms with Crippen molar-refractivity contribution in [1.82, 2.24) is 0 Å². The summed E-state index contributed by atoms with van der Waals surface area (Å²) in [4.78, 5) is -0.0531. The Hall–Kier alpha value is -0.870. The minimum atomic E-state index is -4.10. The van der Waals surface area contributed by atoms with Crippen LogP contribution >= 0.6 is 0 Å². The highest BCUT2D eigenvalue weighted by Crippen LogP contribution is 2.40. The zero-order valence-corrected chi connectivity index (χ0v) is 12.5. The van der Waals surface area contributed by atoms with Crippen LogP contribution in [0.3, 0.4) is 0 Å². The zero-order valence-electron chi connectivity index (χ0n) is 11.6. The third kappa shape index (κ3) is 3.56. The lowest BCUT2D eigenvalue weighted by molar-refractivity contribution is 0.258. The van der Waals surface area contributed by atoms with Gasteiger partial charge < -0.3 is 0 Å². The SMILES string of the molecule is CC(C)C(c1ccc(S(=O)(=O)O)cc1)C(C)(C)C. The molecule has 102 valence electrons. The fourth-order valence-electron chi connectivity index (χ4n) is 2.73. The molecule has 1 rings (SSSR count). The van der Waals surface area contributed by atoms with Gasteiger partial charge in [-0.3, -0.25) is 4.55 Å². The average Bonchev–Trinajstić information content (AvgIpc) is 2.13. The highest BCUT2D eigenvalue weighted by Gasteiger charge is 2.29. The van der Waals surface area contributed by atoms with E-state index in [0.717, 1.165) is 5.56 Å². The third-order valence-corrected chi connectivity index (χ3v) is 4.00. The van der Waals surface area contributed by atoms with Crippen LogP contribution in [0.1, 0.15) is 46.1 Å². The lowest BCUT2D eigenvalue weighted by Gasteiger charge is -2.34. The molecule has 0 aromatic heterocycles. The van der Waals surface area contributed by atoms with Crippen LogP contribution in [0, 0.1) is 11.3 Å². The van der Waals surface area contributed by atoms with Crippen molar-refractivity contribution < 1.29 is 13.0 Å². The molecule has 4 heteroatoms. The smallest absolute Gasteiger partial charge is 0.282 e. The first-order valence-electron chi connectivity index (χ1n) is 6.11. The number of benzene rings is 1. The molecule has 0 bridgehead atoms. The van der Waals surface area contributed by atoms with Crippen molar-refractivity contribution in [3.8, 4) is 0 Å². The predicted octanol–water partition coefficient (Wildman–Crippen LogP) is 3.72. The normalized spacial score (nSPS) is 14.8. The van der Waals surface area contributed by atoms with Crippen LogP contribution in [0.2, 0.25) is 0 Å². The standard InChI is InChI=1S/C14H22O3S/c1-10(2)13(14(3,4)5)11-6-8-12(9-7-11)18(15,16)17/h6-10,13H,1-5H3,(H,15,16,17). The maximum Gasteiger partial charge on any atom is 0.294 e. The Balaban J connectivity index is 3.18. The van der Waals surface area contributed by atoms with Crippen LogP contribution in [0.5, 0.6) is 0 Å². The second-order valence-corrected chi connectivity index (χ2v) is 7.55. The summed E-state index contributed by atoms with van der Waals surface area (Å²) in [5.74, 6) is 0.800. The largest absolute Gasteiger partial charge is 0.294 e. The van der Waals surface area contributed by atoms with E-state index in [1.165, 1.54) is 12.1 Å².